The molecule has 12 rings (SSSR count). The molecule has 2 unspecified atom stereocenters. The first-order valence-corrected chi connectivity index (χ1v) is 33.0. The molecule has 11 N–H and O–H groups in total. The summed E-state index contributed by atoms with van der Waals surface area (Å²) in [6, 6.07) is 17.2. The first kappa shape index (κ1) is 65.7. The molecular weight excluding hydrogens is 1230 g/mol. The predicted octanol–water partition coefficient (Wildman–Crippen LogP) is 6.19. The van der Waals surface area contributed by atoms with E-state index in [0.717, 1.165) is 48.9 Å². The summed E-state index contributed by atoms with van der Waals surface area (Å²) in [6.45, 7) is 7.84. The third-order valence-electron chi connectivity index (χ3n) is 18.1. The molecule has 4 aromatic heterocycles. The number of thiazole rings is 1. The van der Waals surface area contributed by atoms with Crippen molar-refractivity contribution in [3.8, 4) is 16.9 Å². The van der Waals surface area contributed by atoms with E-state index in [1.165, 1.54) is 40.5 Å². The summed E-state index contributed by atoms with van der Waals surface area (Å²) >= 11 is 1.29. The number of benzene rings is 2. The first-order valence-electron chi connectivity index (χ1n) is 30.4. The maximum absolute atomic E-state index is 13.8. The number of carbonyl (C=O) groups excluding carboxylic acids is 3. The molecule has 1 saturated heterocycles. The third kappa shape index (κ3) is 14.4. The molecule has 2 aliphatic heterocycles. The number of nitrogens with two attached hydrogens (primary N) is 1. The van der Waals surface area contributed by atoms with E-state index >= 15 is 0 Å². The number of aliphatic hydroxyl groups excluding tert-OH is 3. The smallest absolute Gasteiger partial charge is 0.410 e. The molecule has 29 heteroatoms. The summed E-state index contributed by atoms with van der Waals surface area (Å²) in [5.74, 6) is -3.25. The van der Waals surface area contributed by atoms with Crippen molar-refractivity contribution in [1.29, 1.82) is 0 Å². The number of carboxylic acids is 2. The summed E-state index contributed by atoms with van der Waals surface area (Å²) in [5, 5.41) is 62.2. The number of aromatic nitrogens is 5. The molecule has 490 valence electrons. The van der Waals surface area contributed by atoms with Crippen molar-refractivity contribution in [2.24, 2.45) is 22.0 Å². The van der Waals surface area contributed by atoms with E-state index < -0.39 is 74.0 Å². The Balaban J connectivity index is 0.748. The highest BCUT2D eigenvalue weighted by atomic mass is 32.1. The van der Waals surface area contributed by atoms with Gasteiger partial charge < -0.3 is 75.1 Å². The normalized spacial score (nSPS) is 25.8. The number of hydrogen-bond acceptors (Lipinski definition) is 20. The van der Waals surface area contributed by atoms with Gasteiger partial charge in [0.25, 0.3) is 5.91 Å². The Labute approximate surface area is 532 Å². The molecule has 6 aromatic rings. The Morgan fingerprint density at radius 1 is 0.913 bits per heavy atom. The highest BCUT2D eigenvalue weighted by Crippen LogP contribution is 2.72. The zero-order chi connectivity index (χ0) is 65.5. The summed E-state index contributed by atoms with van der Waals surface area (Å²) in [4.78, 5) is 102. The molecular formula is C63H75N10O17PS. The number of fused-ring (bicyclic) bond motifs is 2. The van der Waals surface area contributed by atoms with Gasteiger partial charge in [-0.15, -0.1) is 0 Å². The van der Waals surface area contributed by atoms with Crippen LogP contribution in [0.2, 0.25) is 0 Å². The molecule has 6 aliphatic rings. The van der Waals surface area contributed by atoms with Crippen LogP contribution >= 0.6 is 18.9 Å². The van der Waals surface area contributed by atoms with Crippen LogP contribution in [0.5, 0.6) is 5.75 Å². The maximum Gasteiger partial charge on any atom is 0.410 e. The van der Waals surface area contributed by atoms with Gasteiger partial charge in [0.05, 0.1) is 30.3 Å². The molecule has 92 heavy (non-hydrogen) atoms. The van der Waals surface area contributed by atoms with Gasteiger partial charge in [-0.25, -0.2) is 29.3 Å². The number of aliphatic carboxylic acids is 1. The lowest BCUT2D eigenvalue weighted by molar-refractivity contribution is -0.271. The van der Waals surface area contributed by atoms with Crippen LogP contribution in [0.4, 0.5) is 21.4 Å². The van der Waals surface area contributed by atoms with Crippen LogP contribution in [-0.2, 0) is 47.9 Å². The number of carbonyl (C=O) groups is 5. The minimum Gasteiger partial charge on any atom is -0.479 e. The molecule has 0 radical (unpaired) electrons. The molecule has 7 atom stereocenters. The Bertz CT molecular complexity index is 3840. The van der Waals surface area contributed by atoms with Gasteiger partial charge in [0.1, 0.15) is 46.8 Å². The van der Waals surface area contributed by atoms with Gasteiger partial charge in [0, 0.05) is 74.3 Å². The Hall–Kier alpha value is -7.76. The fraction of sp³-hybridized carbons (Fsp3) is 0.476. The van der Waals surface area contributed by atoms with Crippen LogP contribution in [0, 0.1) is 23.2 Å². The minimum atomic E-state index is -4.41. The van der Waals surface area contributed by atoms with Crippen LogP contribution in [-0.4, -0.2) is 177 Å². The first-order chi connectivity index (χ1) is 43.7. The quantitative estimate of drug-likeness (QED) is 0.0302. The fourth-order valence-corrected chi connectivity index (χ4v) is 16.7. The van der Waals surface area contributed by atoms with E-state index in [-0.39, 0.29) is 85.0 Å². The second-order valence-electron chi connectivity index (χ2n) is 25.7. The van der Waals surface area contributed by atoms with Crippen LogP contribution in [0.1, 0.15) is 108 Å². The van der Waals surface area contributed by atoms with Crippen molar-refractivity contribution in [2.75, 3.05) is 61.1 Å². The average molecular weight is 1310 g/mol. The molecule has 2 aromatic carbocycles. The molecule has 27 nitrogen and oxygen atoms in total. The highest BCUT2D eigenvalue weighted by molar-refractivity contribution is 7.51. The molecule has 3 amide bonds. The summed E-state index contributed by atoms with van der Waals surface area (Å²) in [5.41, 5.74) is 9.81. The molecule has 5 fully saturated rings. The lowest BCUT2D eigenvalue weighted by atomic mass is 9.39. The number of hydrogen-bond donors (Lipinski definition) is 10. The topological polar surface area (TPSA) is 394 Å². The number of amides is 3. The second-order valence-corrected chi connectivity index (χ2v) is 28.5. The van der Waals surface area contributed by atoms with Crippen LogP contribution in [0.25, 0.3) is 27.6 Å². The Kier molecular flexibility index (Phi) is 18.8. The van der Waals surface area contributed by atoms with Crippen LogP contribution in [0.3, 0.4) is 0 Å². The monoisotopic (exact) mass is 1310 g/mol. The Morgan fingerprint density at radius 3 is 2.42 bits per heavy atom. The number of pyridine rings is 2. The molecule has 4 bridgehead atoms. The van der Waals surface area contributed by atoms with E-state index in [0.29, 0.717) is 76.0 Å². The number of nitrogens with zero attached hydrogens (tertiary/aromatic N) is 7. The zero-order valence-corrected chi connectivity index (χ0v) is 52.7. The highest BCUT2D eigenvalue weighted by Gasteiger charge is 2.66. The van der Waals surface area contributed by atoms with Crippen molar-refractivity contribution in [3.05, 3.63) is 113 Å². The number of aliphatic hydroxyl groups is 3. The van der Waals surface area contributed by atoms with Gasteiger partial charge in [0.2, 0.25) is 12.2 Å². The van der Waals surface area contributed by atoms with Gasteiger partial charge in [-0.05, 0) is 140 Å². The molecule has 4 saturated carbocycles. The van der Waals surface area contributed by atoms with Crippen molar-refractivity contribution >= 4 is 81.8 Å². The fourth-order valence-electron chi connectivity index (χ4n) is 15.3. The van der Waals surface area contributed by atoms with Crippen molar-refractivity contribution in [3.63, 3.8) is 0 Å². The number of ether oxygens (including phenoxy) is 4. The van der Waals surface area contributed by atoms with Gasteiger partial charge in [-0.2, -0.15) is 5.10 Å². The second kappa shape index (κ2) is 26.3. The number of carboxylic acid groups (broad SMARTS) is 2. The van der Waals surface area contributed by atoms with Gasteiger partial charge in [0.15, 0.2) is 16.9 Å². The molecule has 6 heterocycles. The molecule has 0 spiro atoms. The summed E-state index contributed by atoms with van der Waals surface area (Å²) in [7, 11) is -4.41. The Morgan fingerprint density at radius 2 is 1.70 bits per heavy atom. The lowest BCUT2D eigenvalue weighted by Crippen LogP contribution is -2.64. The molecule has 4 aliphatic carbocycles. The number of nitrogens with one attached hydrogen (secondary N) is 2. The number of anilines is 3. The summed E-state index contributed by atoms with van der Waals surface area (Å²) in [6.07, 6.45) is 1.39. The van der Waals surface area contributed by atoms with Crippen LogP contribution in [0.15, 0.2) is 79.1 Å². The van der Waals surface area contributed by atoms with Crippen molar-refractivity contribution in [2.45, 2.75) is 128 Å². The third-order valence-corrected chi connectivity index (χ3v) is 19.9. The number of rotatable bonds is 24. The van der Waals surface area contributed by atoms with Gasteiger partial charge >= 0.3 is 25.6 Å². The largest absolute Gasteiger partial charge is 0.479 e. The van der Waals surface area contributed by atoms with Crippen LogP contribution < -0.4 is 26.0 Å². The zero-order valence-electron chi connectivity index (χ0n) is 51.0. The van der Waals surface area contributed by atoms with E-state index in [9.17, 15) is 63.9 Å². The van der Waals surface area contributed by atoms with E-state index in [1.54, 1.807) is 36.7 Å². The van der Waals surface area contributed by atoms with E-state index in [4.69, 9.17) is 34.8 Å². The van der Waals surface area contributed by atoms with Gasteiger partial charge in [-0.1, -0.05) is 49.5 Å². The average Bonchev–Trinajstić information content (AvgIpc) is 0.714. The SMILES string of the molecule is Cc1c(-c2ccc(N3CCc4cccc(C(=O)Nc5nc6cccnc6s5)c4C3)nc2C(=O)O)cnn1CC12CC3(C)CC(C)(C1)CC(OCCN(CCCP(=O)(O)O)C(=O)OC/C=C/c1ccc(O[C@@H]4O[C@H](C(=O)O)[C@@H](O)[C@H](O)[C@H]4O)c(NC(=O)CCN)c1)(C3)C2. The van der Waals surface area contributed by atoms with E-state index in [2.05, 4.69) is 34.4 Å². The van der Waals surface area contributed by atoms with Gasteiger partial charge in [-0.3, -0.25) is 24.2 Å². The summed E-state index contributed by atoms with van der Waals surface area (Å²) < 4.78 is 37.6. The minimum absolute atomic E-state index is 0.00826. The maximum atomic E-state index is 13.8. The van der Waals surface area contributed by atoms with E-state index in [1.807, 2.05) is 40.8 Å². The number of aromatic carboxylic acids is 1. The predicted molar refractivity (Wildman–Crippen MR) is 336 cm³/mol. The standard InChI is InChI=1S/C63H75N10O17PS/c1-36-41(39-13-15-46(69-48(39)55(79)80)72-21-17-38-9-4-10-40(42(38)28-72)53(78)70-58-68-43-11-5-19-65-54(43)92-58)27-66-73(36)35-62-30-60(2)29-61(3,31-62)33-63(32-60,34-62)88-24-22-71(20-7-25-91(84,85)86)59(83)87-23-6-8-37-12-14-45(44(26-37)67-47(74)16-18-64)89-57-51(77)49(75)50(76)52(90-57)56(81)82/h4-6,8-15,19,26-27,49-52,57,75-77H,7,16-18,20-25,28-35,64H2,1-3H3,(H,67,74)(H,79,80)(H,81,82)(H,68,70,78)(H2,84,85,86)/b8-6+/t49-,50-,51+,52-,57+,60?,61?,62?,63?/m0/s1. The van der Waals surface area contributed by atoms with Crippen molar-refractivity contribution in [1.82, 2.24) is 29.6 Å². The lowest BCUT2D eigenvalue weighted by Gasteiger charge is -2.69. The van der Waals surface area contributed by atoms with Crippen molar-refractivity contribution < 1.29 is 82.8 Å².